The van der Waals surface area contributed by atoms with Crippen LogP contribution in [0.4, 0.5) is 0 Å². The Bertz CT molecular complexity index is 2730. The summed E-state index contributed by atoms with van der Waals surface area (Å²) in [7, 11) is 2.09. The Labute approximate surface area is 272 Å². The van der Waals surface area contributed by atoms with Gasteiger partial charge in [0.1, 0.15) is 28.2 Å². The maximum Gasteiger partial charge on any atom is 0.286 e. The number of aromatic nitrogens is 5. The van der Waals surface area contributed by atoms with Crippen LogP contribution in [0, 0.1) is 13.8 Å². The molecule has 5 aromatic heterocycles. The molecule has 9 rings (SSSR count). The molecular formula is C41H34N5O+. The Kier molecular flexibility index (Phi) is 5.94. The summed E-state index contributed by atoms with van der Waals surface area (Å²) in [5.74, 6) is 2.95. The summed E-state index contributed by atoms with van der Waals surface area (Å²) in [4.78, 5) is 10.3. The highest BCUT2D eigenvalue weighted by molar-refractivity contribution is 6.15. The third kappa shape index (κ3) is 3.88. The number of aryl methyl sites for hydroxylation is 3. The zero-order chi connectivity index (χ0) is 32.0. The fourth-order valence-electron chi connectivity index (χ4n) is 7.49. The van der Waals surface area contributed by atoms with Crippen LogP contribution in [-0.2, 0) is 7.05 Å². The summed E-state index contributed by atoms with van der Waals surface area (Å²) >= 11 is 0. The smallest absolute Gasteiger partial charge is 0.286 e. The first-order valence-corrected chi connectivity index (χ1v) is 16.2. The molecule has 0 amide bonds. The minimum absolute atomic E-state index is 0.333. The zero-order valence-electron chi connectivity index (χ0n) is 27.1. The molecule has 0 bridgehead atoms. The lowest BCUT2D eigenvalue weighted by Gasteiger charge is -2.17. The van der Waals surface area contributed by atoms with Crippen molar-refractivity contribution in [2.75, 3.05) is 0 Å². The number of pyridine rings is 3. The quantitative estimate of drug-likeness (QED) is 0.147. The van der Waals surface area contributed by atoms with Gasteiger partial charge in [-0.05, 0) is 73.9 Å². The van der Waals surface area contributed by atoms with Gasteiger partial charge >= 0.3 is 0 Å². The van der Waals surface area contributed by atoms with E-state index in [2.05, 4.69) is 145 Å². The van der Waals surface area contributed by atoms with E-state index in [0.717, 1.165) is 72.6 Å². The van der Waals surface area contributed by atoms with Gasteiger partial charge in [-0.2, -0.15) is 4.57 Å². The molecule has 0 fully saturated rings. The van der Waals surface area contributed by atoms with Crippen LogP contribution in [0.3, 0.4) is 0 Å². The third-order valence-electron chi connectivity index (χ3n) is 9.77. The number of para-hydroxylation sites is 3. The topological polar surface area (TPSA) is 48.2 Å². The molecule has 0 saturated carbocycles. The van der Waals surface area contributed by atoms with Crippen LogP contribution in [0.5, 0.6) is 11.5 Å². The number of hydrogen-bond acceptors (Lipinski definition) is 3. The van der Waals surface area contributed by atoms with Gasteiger partial charge in [-0.25, -0.2) is 9.55 Å². The minimum Gasteiger partial charge on any atom is -0.455 e. The first-order valence-electron chi connectivity index (χ1n) is 16.2. The van der Waals surface area contributed by atoms with Crippen molar-refractivity contribution in [2.24, 2.45) is 7.05 Å². The Balaban J connectivity index is 1.31. The lowest BCUT2D eigenvalue weighted by Crippen LogP contribution is -2.33. The molecule has 0 unspecified atom stereocenters. The van der Waals surface area contributed by atoms with E-state index >= 15 is 0 Å². The van der Waals surface area contributed by atoms with Gasteiger partial charge in [0.2, 0.25) is 0 Å². The molecule has 9 aromatic rings. The first-order chi connectivity index (χ1) is 22.9. The SMILES string of the molecule is Cc1c(Oc2ccc3c4ccccc4n(-c4cccc[n+]4C)c3c2C)cnc2c3c(C(C)C)cccc3n3c4ccccc4nc3c12. The molecule has 0 atom stereocenters. The summed E-state index contributed by atoms with van der Waals surface area (Å²) in [6.45, 7) is 8.78. The number of ether oxygens (including phenoxy) is 1. The molecule has 6 nitrogen and oxygen atoms in total. The van der Waals surface area contributed by atoms with E-state index in [1.54, 1.807) is 0 Å². The van der Waals surface area contributed by atoms with Crippen LogP contribution in [-0.4, -0.2) is 18.9 Å². The number of benzene rings is 4. The van der Waals surface area contributed by atoms with Gasteiger partial charge in [0.05, 0.1) is 46.9 Å². The zero-order valence-corrected chi connectivity index (χ0v) is 27.1. The molecule has 0 spiro atoms. The molecule has 0 aliphatic carbocycles. The lowest BCUT2D eigenvalue weighted by atomic mass is 9.95. The predicted molar refractivity (Wildman–Crippen MR) is 191 cm³/mol. The second-order valence-electron chi connectivity index (χ2n) is 12.8. The standard InChI is InChI=1S/C41H34N5O/c1-24(2)27-14-12-18-33-38(27)39-37(41-43-30-15-7-9-17-32(30)45(33)41)25(3)35(23-42-39)47-34-21-20-29-28-13-6-8-16-31(28)46(40(29)26(34)4)36-19-10-11-22-44(36)5/h6-24H,1-5H3/q+1. The van der Waals surface area contributed by atoms with Crippen molar-refractivity contribution < 1.29 is 9.30 Å². The van der Waals surface area contributed by atoms with Crippen LogP contribution in [0.15, 0.2) is 109 Å². The maximum absolute atomic E-state index is 6.87. The second-order valence-corrected chi connectivity index (χ2v) is 12.8. The molecule has 0 aliphatic rings. The normalized spacial score (nSPS) is 12.1. The van der Waals surface area contributed by atoms with Crippen molar-refractivity contribution in [1.82, 2.24) is 18.9 Å². The Morgan fingerprint density at radius 3 is 2.30 bits per heavy atom. The molecule has 0 aliphatic heterocycles. The number of nitrogens with zero attached hydrogens (tertiary/aromatic N) is 5. The van der Waals surface area contributed by atoms with Gasteiger partial charge in [-0.15, -0.1) is 0 Å². The fraction of sp³-hybridized carbons (Fsp3) is 0.146. The molecule has 5 heterocycles. The average Bonchev–Trinajstić information content (AvgIpc) is 3.64. The predicted octanol–water partition coefficient (Wildman–Crippen LogP) is 9.64. The van der Waals surface area contributed by atoms with Crippen LogP contribution < -0.4 is 9.30 Å². The Morgan fingerprint density at radius 2 is 1.47 bits per heavy atom. The van der Waals surface area contributed by atoms with Gasteiger partial charge < -0.3 is 4.74 Å². The largest absolute Gasteiger partial charge is 0.455 e. The Morgan fingerprint density at radius 1 is 0.702 bits per heavy atom. The van der Waals surface area contributed by atoms with E-state index < -0.39 is 0 Å². The van der Waals surface area contributed by atoms with Crippen molar-refractivity contribution in [3.8, 4) is 17.3 Å². The van der Waals surface area contributed by atoms with Gasteiger partial charge in [-0.3, -0.25) is 9.38 Å². The van der Waals surface area contributed by atoms with Crippen molar-refractivity contribution in [3.63, 3.8) is 0 Å². The van der Waals surface area contributed by atoms with E-state index in [1.807, 2.05) is 12.3 Å². The summed E-state index contributed by atoms with van der Waals surface area (Å²) in [5, 5.41) is 4.59. The summed E-state index contributed by atoms with van der Waals surface area (Å²) in [5.41, 5.74) is 10.7. The fourth-order valence-corrected chi connectivity index (χ4v) is 7.49. The maximum atomic E-state index is 6.87. The van der Waals surface area contributed by atoms with Crippen molar-refractivity contribution >= 4 is 60.3 Å². The number of imidazole rings is 1. The first kappa shape index (κ1) is 27.6. The second kappa shape index (κ2) is 10.1. The van der Waals surface area contributed by atoms with E-state index in [4.69, 9.17) is 14.7 Å². The summed E-state index contributed by atoms with van der Waals surface area (Å²) in [6.07, 6.45) is 3.98. The number of rotatable bonds is 4. The molecule has 6 heteroatoms. The highest BCUT2D eigenvalue weighted by Crippen LogP contribution is 2.42. The number of hydrogen-bond donors (Lipinski definition) is 0. The van der Waals surface area contributed by atoms with Crippen LogP contribution in [0.1, 0.15) is 36.5 Å². The van der Waals surface area contributed by atoms with Crippen LogP contribution >= 0.6 is 0 Å². The van der Waals surface area contributed by atoms with E-state index in [1.165, 1.54) is 21.7 Å². The van der Waals surface area contributed by atoms with Crippen LogP contribution in [0.25, 0.3) is 66.1 Å². The molecule has 0 radical (unpaired) electrons. The molecule has 0 saturated heterocycles. The average molecular weight is 613 g/mol. The Hall–Kier alpha value is -5.75. The van der Waals surface area contributed by atoms with E-state index in [9.17, 15) is 0 Å². The monoisotopic (exact) mass is 612 g/mol. The molecule has 228 valence electrons. The van der Waals surface area contributed by atoms with Crippen molar-refractivity contribution in [2.45, 2.75) is 33.6 Å². The molecule has 47 heavy (non-hydrogen) atoms. The molecule has 0 N–H and O–H groups in total. The number of fused-ring (bicyclic) bond motifs is 11. The molecular weight excluding hydrogens is 578 g/mol. The third-order valence-corrected chi connectivity index (χ3v) is 9.77. The van der Waals surface area contributed by atoms with Gasteiger partial charge in [-0.1, -0.05) is 56.3 Å². The van der Waals surface area contributed by atoms with Crippen molar-refractivity contribution in [3.05, 3.63) is 126 Å². The van der Waals surface area contributed by atoms with Gasteiger partial charge in [0.25, 0.3) is 5.82 Å². The van der Waals surface area contributed by atoms with Gasteiger partial charge in [0, 0.05) is 33.4 Å². The van der Waals surface area contributed by atoms with Crippen molar-refractivity contribution in [1.29, 1.82) is 0 Å². The lowest BCUT2D eigenvalue weighted by molar-refractivity contribution is -0.665. The van der Waals surface area contributed by atoms with E-state index in [-0.39, 0.29) is 0 Å². The summed E-state index contributed by atoms with van der Waals surface area (Å²) < 4.78 is 13.7. The highest BCUT2D eigenvalue weighted by atomic mass is 16.5. The molecule has 4 aromatic carbocycles. The minimum atomic E-state index is 0.333. The van der Waals surface area contributed by atoms with Crippen LogP contribution in [0.2, 0.25) is 0 Å². The highest BCUT2D eigenvalue weighted by Gasteiger charge is 2.25. The summed E-state index contributed by atoms with van der Waals surface area (Å²) in [6, 6.07) is 34.1. The van der Waals surface area contributed by atoms with E-state index in [0.29, 0.717) is 5.92 Å². The van der Waals surface area contributed by atoms with Gasteiger partial charge in [0.15, 0.2) is 0 Å².